The normalized spacial score (nSPS) is 15.2. The lowest BCUT2D eigenvalue weighted by atomic mass is 9.78. The van der Waals surface area contributed by atoms with Crippen LogP contribution in [0.5, 0.6) is 0 Å². The van der Waals surface area contributed by atoms with Gasteiger partial charge in [0.25, 0.3) is 5.92 Å². The van der Waals surface area contributed by atoms with Crippen molar-refractivity contribution in [3.05, 3.63) is 225 Å². The minimum atomic E-state index is -4.66. The molecule has 6 nitrogen and oxygen atoms in total. The van der Waals surface area contributed by atoms with Gasteiger partial charge in [-0.2, -0.15) is 22.0 Å². The Bertz CT molecular complexity index is 2620. The van der Waals surface area contributed by atoms with E-state index in [-0.39, 0.29) is 35.0 Å². The van der Waals surface area contributed by atoms with Crippen molar-refractivity contribution in [3.8, 4) is 0 Å². The van der Waals surface area contributed by atoms with Gasteiger partial charge in [0.05, 0.1) is 39.7 Å². The number of hydrogen-bond donors (Lipinski definition) is 4. The molecule has 1 unspecified atom stereocenters. The first-order valence-electron chi connectivity index (χ1n) is 23.2. The van der Waals surface area contributed by atoms with Gasteiger partial charge in [-0.3, -0.25) is 9.97 Å². The number of hydrogen-bond acceptors (Lipinski definition) is 6. The van der Waals surface area contributed by atoms with Gasteiger partial charge in [-0.15, -0.1) is 0 Å². The molecule has 68 heavy (non-hydrogen) atoms. The van der Waals surface area contributed by atoms with Gasteiger partial charge in [0.1, 0.15) is 11.1 Å². The van der Waals surface area contributed by atoms with Gasteiger partial charge in [0, 0.05) is 36.8 Å². The fourth-order valence-electron chi connectivity index (χ4n) is 9.12. The second-order valence-electron chi connectivity index (χ2n) is 17.6. The molecule has 2 heterocycles. The molecule has 12 heteroatoms. The zero-order valence-electron chi connectivity index (χ0n) is 39.7. The summed E-state index contributed by atoms with van der Waals surface area (Å²) in [6.07, 6.45) is 3.13. The van der Waals surface area contributed by atoms with Crippen molar-refractivity contribution in [2.45, 2.75) is 115 Å². The first-order chi connectivity index (χ1) is 32.4. The van der Waals surface area contributed by atoms with Crippen LogP contribution in [0.3, 0.4) is 0 Å². The highest BCUT2D eigenvalue weighted by molar-refractivity contribution is 6.30. The van der Waals surface area contributed by atoms with Crippen LogP contribution >= 0.6 is 11.6 Å². The number of benzene rings is 4. The second kappa shape index (κ2) is 21.8. The lowest BCUT2D eigenvalue weighted by Crippen LogP contribution is -2.51. The first kappa shape index (κ1) is 51.2. The van der Waals surface area contributed by atoms with Crippen molar-refractivity contribution in [3.63, 3.8) is 0 Å². The molecule has 4 N–H and O–H groups in total. The maximum Gasteiger partial charge on any atom is 0.416 e. The maximum absolute atomic E-state index is 17.5. The van der Waals surface area contributed by atoms with Crippen molar-refractivity contribution in [1.29, 1.82) is 0 Å². The van der Waals surface area contributed by atoms with Crippen LogP contribution in [0.25, 0.3) is 0 Å². The molecule has 1 aliphatic rings. The van der Waals surface area contributed by atoms with E-state index >= 15 is 8.78 Å². The van der Waals surface area contributed by atoms with Gasteiger partial charge in [-0.25, -0.2) is 0 Å². The molecule has 0 amide bonds. The van der Waals surface area contributed by atoms with Crippen LogP contribution in [0.15, 0.2) is 159 Å². The molecule has 0 saturated heterocycles. The summed E-state index contributed by atoms with van der Waals surface area (Å²) in [5, 5.41) is 13.9. The van der Waals surface area contributed by atoms with Gasteiger partial charge in [0.2, 0.25) is 0 Å². The number of rotatable bonds is 18. The fourth-order valence-corrected chi connectivity index (χ4v) is 9.23. The summed E-state index contributed by atoms with van der Waals surface area (Å²) in [5.41, 5.74) is 0.852. The third-order valence-corrected chi connectivity index (χ3v) is 12.9. The molecule has 1 fully saturated rings. The van der Waals surface area contributed by atoms with Crippen LogP contribution in [-0.4, -0.2) is 22.1 Å². The van der Waals surface area contributed by atoms with Crippen molar-refractivity contribution in [1.82, 2.24) is 31.2 Å². The highest BCUT2D eigenvalue weighted by Crippen LogP contribution is 2.42. The predicted molar refractivity (Wildman–Crippen MR) is 265 cm³/mol. The number of alkyl halides is 5. The number of nitrogens with zero attached hydrogens (tertiary/aromatic N) is 2. The topological polar surface area (TPSA) is 73.9 Å². The van der Waals surface area contributed by atoms with Gasteiger partial charge in [0.15, 0.2) is 0 Å². The molecule has 1 saturated carbocycles. The first-order valence-corrected chi connectivity index (χ1v) is 23.6. The summed E-state index contributed by atoms with van der Waals surface area (Å²) < 4.78 is 78.7. The summed E-state index contributed by atoms with van der Waals surface area (Å²) in [5.74, 6) is -3.03. The summed E-state index contributed by atoms with van der Waals surface area (Å²) in [4.78, 5) is 9.52. The summed E-state index contributed by atoms with van der Waals surface area (Å²) in [6, 6.07) is 33.9. The number of nitrogens with one attached hydrogen (secondary N) is 4. The molecule has 0 aliphatic heterocycles. The van der Waals surface area contributed by atoms with E-state index in [1.165, 1.54) is 26.0 Å². The van der Waals surface area contributed by atoms with E-state index in [1.54, 1.807) is 49.6 Å². The van der Waals surface area contributed by atoms with E-state index in [1.807, 2.05) is 93.6 Å². The van der Waals surface area contributed by atoms with Crippen LogP contribution in [0, 0.1) is 20.8 Å². The largest absolute Gasteiger partial charge is 0.416 e. The highest BCUT2D eigenvalue weighted by Gasteiger charge is 2.45. The Morgan fingerprint density at radius 1 is 0.647 bits per heavy atom. The number of pyridine rings is 2. The molecular weight excluding hydrogens is 887 g/mol. The SMILES string of the molecule is C=C(NC1CCCC1)N[C@](Cc1ccccc1)(c1ccc(C)c(C(F)(F)C(C)NC(=C)N[C@](Cc2ccccc2)(c2ccc(C)c(C(F)(F)F)c2)c2ccc(C)cn2)c1)c1ccc(Cl)cn1.CC. The van der Waals surface area contributed by atoms with E-state index in [0.29, 0.717) is 39.8 Å². The van der Waals surface area contributed by atoms with Crippen molar-refractivity contribution >= 4 is 11.6 Å². The maximum atomic E-state index is 17.5. The summed E-state index contributed by atoms with van der Waals surface area (Å²) in [6.45, 7) is 18.8. The van der Waals surface area contributed by atoms with E-state index < -0.39 is 34.8 Å². The Balaban J connectivity index is 0.00000376. The van der Waals surface area contributed by atoms with Gasteiger partial charge >= 0.3 is 6.18 Å². The second-order valence-corrected chi connectivity index (χ2v) is 18.0. The Hall–Kier alpha value is -6.20. The number of halogens is 6. The Labute approximate surface area is 403 Å². The van der Waals surface area contributed by atoms with E-state index in [0.717, 1.165) is 48.4 Å². The van der Waals surface area contributed by atoms with Gasteiger partial charge in [-0.1, -0.05) is 142 Å². The molecule has 4 aromatic carbocycles. The van der Waals surface area contributed by atoms with Crippen LogP contribution in [0.1, 0.15) is 108 Å². The van der Waals surface area contributed by atoms with Crippen LogP contribution < -0.4 is 21.3 Å². The average Bonchev–Trinajstić information content (AvgIpc) is 3.83. The fraction of sp³-hybridized carbons (Fsp3) is 0.321. The lowest BCUT2D eigenvalue weighted by molar-refractivity contribution is -0.138. The highest BCUT2D eigenvalue weighted by atomic mass is 35.5. The average molecular weight is 950 g/mol. The zero-order valence-corrected chi connectivity index (χ0v) is 40.4. The van der Waals surface area contributed by atoms with E-state index in [2.05, 4.69) is 34.4 Å². The molecule has 6 aromatic rings. The van der Waals surface area contributed by atoms with Crippen LogP contribution in [-0.2, 0) is 36.0 Å². The smallest absolute Gasteiger partial charge is 0.370 e. The third kappa shape index (κ3) is 11.7. The molecule has 1 aliphatic carbocycles. The Kier molecular flexibility index (Phi) is 16.4. The van der Waals surface area contributed by atoms with Crippen LogP contribution in [0.2, 0.25) is 5.02 Å². The molecule has 358 valence electrons. The minimum absolute atomic E-state index is 0.0387. The monoisotopic (exact) mass is 948 g/mol. The molecule has 0 radical (unpaired) electrons. The minimum Gasteiger partial charge on any atom is -0.370 e. The van der Waals surface area contributed by atoms with Crippen molar-refractivity contribution in [2.75, 3.05) is 0 Å². The van der Waals surface area contributed by atoms with Crippen molar-refractivity contribution < 1.29 is 22.0 Å². The molecule has 0 bridgehead atoms. The molecule has 2 aromatic heterocycles. The standard InChI is InChI=1S/C54H56ClF5N6.C2H6/c1-35-21-27-49(61-33-35)52(32-42-17-11-8-12-18-42,44-25-23-37(3)48(30-44)54(58,59)60)65-39(5)63-38(4)53(56,57)47-29-43(24-22-36(47)2)51(31-41-15-9-7-10-16-41,50-28-26-45(55)34-62-50)66-40(6)64-46-19-13-14-20-46;1-2/h7-12,15-18,21-30,33-34,38,46,63-66H,5-6,13-14,19-20,31-32H2,1-4H3;1-2H3/t38?,51-,52-;/m1./s1. The molecule has 7 rings (SSSR count). The Morgan fingerprint density at radius 3 is 1.62 bits per heavy atom. The predicted octanol–water partition coefficient (Wildman–Crippen LogP) is 13.5. The number of aryl methyl sites for hydroxylation is 3. The molecular formula is C56H62ClF5N6. The third-order valence-electron chi connectivity index (χ3n) is 12.7. The van der Waals surface area contributed by atoms with Gasteiger partial charge < -0.3 is 21.3 Å². The number of aromatic nitrogens is 2. The lowest BCUT2D eigenvalue weighted by Gasteiger charge is -2.39. The van der Waals surface area contributed by atoms with E-state index in [4.69, 9.17) is 21.6 Å². The quantitative estimate of drug-likeness (QED) is 0.0644. The van der Waals surface area contributed by atoms with E-state index in [9.17, 15) is 13.2 Å². The van der Waals surface area contributed by atoms with Crippen molar-refractivity contribution in [2.24, 2.45) is 0 Å². The molecule has 0 spiro atoms. The summed E-state index contributed by atoms with van der Waals surface area (Å²) >= 11 is 6.38. The van der Waals surface area contributed by atoms with Gasteiger partial charge in [-0.05, 0) is 110 Å². The Morgan fingerprint density at radius 2 is 1.13 bits per heavy atom. The summed E-state index contributed by atoms with van der Waals surface area (Å²) in [7, 11) is 0. The molecule has 3 atom stereocenters. The van der Waals surface area contributed by atoms with Crippen LogP contribution in [0.4, 0.5) is 22.0 Å². The zero-order chi connectivity index (χ0) is 49.3.